The Labute approximate surface area is 181 Å². The van der Waals surface area contributed by atoms with Crippen LogP contribution in [0, 0.1) is 0 Å². The maximum Gasteiger partial charge on any atom is 0.0541 e. The van der Waals surface area contributed by atoms with Crippen LogP contribution in [0.2, 0.25) is 0 Å². The third-order valence-electron chi connectivity index (χ3n) is 6.01. The molecule has 0 aliphatic carbocycles. The monoisotopic (exact) mass is 395 g/mol. The van der Waals surface area contributed by atoms with Crippen molar-refractivity contribution in [3.05, 3.63) is 127 Å². The van der Waals surface area contributed by atoms with Crippen molar-refractivity contribution in [2.45, 2.75) is 0 Å². The van der Waals surface area contributed by atoms with Crippen LogP contribution in [0.3, 0.4) is 0 Å². The number of hydrogen-bond acceptors (Lipinski definition) is 0. The second-order valence-corrected chi connectivity index (χ2v) is 7.83. The van der Waals surface area contributed by atoms with E-state index in [0.29, 0.717) is 0 Å². The minimum absolute atomic E-state index is 1.20. The maximum atomic E-state index is 2.40. The van der Waals surface area contributed by atoms with Gasteiger partial charge < -0.3 is 4.57 Å². The van der Waals surface area contributed by atoms with Crippen LogP contribution in [0.4, 0.5) is 0 Å². The smallest absolute Gasteiger partial charge is 0.0541 e. The molecule has 0 saturated heterocycles. The lowest BCUT2D eigenvalue weighted by atomic mass is 9.98. The van der Waals surface area contributed by atoms with E-state index in [1.165, 1.54) is 49.7 Å². The van der Waals surface area contributed by atoms with Gasteiger partial charge in [-0.3, -0.25) is 0 Å². The zero-order chi connectivity index (χ0) is 20.6. The van der Waals surface area contributed by atoms with Gasteiger partial charge in [-0.2, -0.15) is 0 Å². The summed E-state index contributed by atoms with van der Waals surface area (Å²) in [4.78, 5) is 0. The first-order chi connectivity index (χ1) is 15.4. The maximum absolute atomic E-state index is 2.40. The molecule has 0 N–H and O–H groups in total. The van der Waals surface area contributed by atoms with Crippen LogP contribution in [0.1, 0.15) is 0 Å². The summed E-state index contributed by atoms with van der Waals surface area (Å²) in [6.07, 6.45) is 0. The molecule has 0 unspecified atom stereocenters. The average molecular weight is 396 g/mol. The van der Waals surface area contributed by atoms with Gasteiger partial charge in [0, 0.05) is 16.3 Å². The first-order valence-corrected chi connectivity index (χ1v) is 10.6. The van der Waals surface area contributed by atoms with Crippen LogP contribution in [0.5, 0.6) is 0 Å². The lowest BCUT2D eigenvalue weighted by Crippen LogP contribution is -1.97. The predicted molar refractivity (Wildman–Crippen MR) is 132 cm³/mol. The van der Waals surface area contributed by atoms with E-state index in [1.54, 1.807) is 0 Å². The number of fused-ring (bicyclic) bond motifs is 3. The Morgan fingerprint density at radius 3 is 1.68 bits per heavy atom. The SMILES string of the molecule is c1ccc(-c2cccc(-c3ccccc3-n3c4ccccc4c4ccccc43)c2)cc1. The van der Waals surface area contributed by atoms with Crippen LogP contribution in [-0.4, -0.2) is 4.57 Å². The fourth-order valence-corrected chi connectivity index (χ4v) is 4.59. The zero-order valence-electron chi connectivity index (χ0n) is 17.1. The lowest BCUT2D eigenvalue weighted by Gasteiger charge is -2.15. The van der Waals surface area contributed by atoms with Gasteiger partial charge in [0.15, 0.2) is 0 Å². The van der Waals surface area contributed by atoms with Crippen molar-refractivity contribution in [2.75, 3.05) is 0 Å². The standard InChI is InChI=1S/C30H21N/c1-2-11-22(12-3-1)23-13-10-14-24(21-23)25-15-4-7-18-28(25)31-29-19-8-5-16-26(29)27-17-6-9-20-30(27)31/h1-21H. The van der Waals surface area contributed by atoms with Gasteiger partial charge >= 0.3 is 0 Å². The summed E-state index contributed by atoms with van der Waals surface area (Å²) in [6.45, 7) is 0. The molecule has 31 heavy (non-hydrogen) atoms. The quantitative estimate of drug-likeness (QED) is 0.285. The molecule has 6 rings (SSSR count). The Hall–Kier alpha value is -4.10. The van der Waals surface area contributed by atoms with Crippen molar-refractivity contribution in [3.8, 4) is 27.9 Å². The van der Waals surface area contributed by atoms with E-state index in [4.69, 9.17) is 0 Å². The number of aromatic nitrogens is 1. The molecule has 1 heterocycles. The van der Waals surface area contributed by atoms with E-state index in [2.05, 4.69) is 132 Å². The van der Waals surface area contributed by atoms with Crippen molar-refractivity contribution >= 4 is 21.8 Å². The third kappa shape index (κ3) is 2.94. The number of rotatable bonds is 3. The molecule has 0 aliphatic rings. The highest BCUT2D eigenvalue weighted by molar-refractivity contribution is 6.09. The fourth-order valence-electron chi connectivity index (χ4n) is 4.59. The minimum atomic E-state index is 1.20. The second-order valence-electron chi connectivity index (χ2n) is 7.83. The normalized spacial score (nSPS) is 11.2. The van der Waals surface area contributed by atoms with E-state index >= 15 is 0 Å². The predicted octanol–water partition coefficient (Wildman–Crippen LogP) is 8.12. The molecule has 0 spiro atoms. The number of nitrogens with zero attached hydrogens (tertiary/aromatic N) is 1. The Morgan fingerprint density at radius 1 is 0.387 bits per heavy atom. The van der Waals surface area contributed by atoms with Crippen molar-refractivity contribution in [1.82, 2.24) is 4.57 Å². The van der Waals surface area contributed by atoms with Crippen LogP contribution >= 0.6 is 0 Å². The molecule has 146 valence electrons. The van der Waals surface area contributed by atoms with Gasteiger partial charge in [-0.15, -0.1) is 0 Å². The second kappa shape index (κ2) is 7.30. The first kappa shape index (κ1) is 17.7. The summed E-state index contributed by atoms with van der Waals surface area (Å²) in [5.74, 6) is 0. The highest BCUT2D eigenvalue weighted by Crippen LogP contribution is 2.36. The zero-order valence-corrected chi connectivity index (χ0v) is 17.1. The van der Waals surface area contributed by atoms with Gasteiger partial charge in [-0.1, -0.05) is 103 Å². The number of hydrogen-bond donors (Lipinski definition) is 0. The molecule has 0 bridgehead atoms. The van der Waals surface area contributed by atoms with Gasteiger partial charge in [0.2, 0.25) is 0 Å². The van der Waals surface area contributed by atoms with E-state index in [0.717, 1.165) is 0 Å². The number of para-hydroxylation sites is 3. The highest BCUT2D eigenvalue weighted by Gasteiger charge is 2.15. The van der Waals surface area contributed by atoms with Gasteiger partial charge in [0.25, 0.3) is 0 Å². The summed E-state index contributed by atoms with van der Waals surface area (Å²) >= 11 is 0. The largest absolute Gasteiger partial charge is 0.309 e. The topological polar surface area (TPSA) is 4.93 Å². The molecule has 0 radical (unpaired) electrons. The van der Waals surface area contributed by atoms with Gasteiger partial charge in [-0.25, -0.2) is 0 Å². The minimum Gasteiger partial charge on any atom is -0.309 e. The van der Waals surface area contributed by atoms with Crippen molar-refractivity contribution < 1.29 is 0 Å². The molecule has 1 nitrogen and oxygen atoms in total. The Morgan fingerprint density at radius 2 is 0.935 bits per heavy atom. The summed E-state index contributed by atoms with van der Waals surface area (Å²) in [5, 5.41) is 2.57. The molecule has 5 aromatic carbocycles. The molecular formula is C30H21N. The molecular weight excluding hydrogens is 374 g/mol. The van der Waals surface area contributed by atoms with Crippen LogP contribution in [0.25, 0.3) is 49.7 Å². The summed E-state index contributed by atoms with van der Waals surface area (Å²) < 4.78 is 2.40. The van der Waals surface area contributed by atoms with Crippen molar-refractivity contribution in [1.29, 1.82) is 0 Å². The van der Waals surface area contributed by atoms with Gasteiger partial charge in [0.05, 0.1) is 16.7 Å². The molecule has 0 aliphatic heterocycles. The van der Waals surface area contributed by atoms with Crippen LogP contribution in [-0.2, 0) is 0 Å². The Bertz CT molecular complexity index is 1470. The molecule has 1 heteroatoms. The van der Waals surface area contributed by atoms with Crippen molar-refractivity contribution in [3.63, 3.8) is 0 Å². The van der Waals surface area contributed by atoms with E-state index < -0.39 is 0 Å². The fraction of sp³-hybridized carbons (Fsp3) is 0. The summed E-state index contributed by atoms with van der Waals surface area (Å²) in [7, 11) is 0. The molecule has 0 fully saturated rings. The first-order valence-electron chi connectivity index (χ1n) is 10.6. The molecule has 6 aromatic rings. The summed E-state index contributed by atoms with van der Waals surface area (Å²) in [6, 6.07) is 45.5. The van der Waals surface area contributed by atoms with Crippen molar-refractivity contribution in [2.24, 2.45) is 0 Å². The van der Waals surface area contributed by atoms with Gasteiger partial charge in [0.1, 0.15) is 0 Å². The molecule has 0 amide bonds. The Kier molecular flexibility index (Phi) is 4.18. The Balaban J connectivity index is 1.62. The van der Waals surface area contributed by atoms with Gasteiger partial charge in [-0.05, 0) is 41.0 Å². The third-order valence-corrected chi connectivity index (χ3v) is 6.01. The molecule has 1 aromatic heterocycles. The van der Waals surface area contributed by atoms with E-state index in [9.17, 15) is 0 Å². The van der Waals surface area contributed by atoms with E-state index in [1.807, 2.05) is 0 Å². The number of benzene rings is 5. The summed E-state index contributed by atoms with van der Waals surface area (Å²) in [5.41, 5.74) is 8.58. The lowest BCUT2D eigenvalue weighted by molar-refractivity contribution is 1.18. The van der Waals surface area contributed by atoms with Crippen LogP contribution < -0.4 is 0 Å². The van der Waals surface area contributed by atoms with E-state index in [-0.39, 0.29) is 0 Å². The average Bonchev–Trinajstić information content (AvgIpc) is 3.19. The molecule has 0 atom stereocenters. The highest BCUT2D eigenvalue weighted by atomic mass is 15.0. The van der Waals surface area contributed by atoms with Crippen LogP contribution in [0.15, 0.2) is 127 Å². The molecule has 0 saturated carbocycles.